The molecule has 0 saturated heterocycles. The summed E-state index contributed by atoms with van der Waals surface area (Å²) in [5.41, 5.74) is 5.53. The van der Waals surface area contributed by atoms with Crippen molar-refractivity contribution >= 4 is 0 Å². The number of rotatable bonds is 5. The Morgan fingerprint density at radius 1 is 1.47 bits per heavy atom. The number of nitrogens with zero attached hydrogens (tertiary/aromatic N) is 2. The molecule has 2 bridgehead atoms. The third-order valence-corrected chi connectivity index (χ3v) is 5.24. The fraction of sp³-hybridized carbons (Fsp3) is 0.800. The van der Waals surface area contributed by atoms with E-state index in [9.17, 15) is 0 Å². The molecule has 1 aromatic rings. The molecule has 2 aliphatic carbocycles. The van der Waals surface area contributed by atoms with Crippen molar-refractivity contribution in [3.8, 4) is 0 Å². The molecule has 0 spiro atoms. The highest BCUT2D eigenvalue weighted by molar-refractivity contribution is 5.11. The van der Waals surface area contributed by atoms with Crippen LogP contribution in [-0.2, 0) is 13.0 Å². The monoisotopic (exact) mass is 262 g/mol. The van der Waals surface area contributed by atoms with Crippen molar-refractivity contribution in [1.29, 1.82) is 0 Å². The summed E-state index contributed by atoms with van der Waals surface area (Å²) in [4.78, 5) is 0. The van der Waals surface area contributed by atoms with Crippen LogP contribution in [0.3, 0.4) is 0 Å². The highest BCUT2D eigenvalue weighted by atomic mass is 15.3. The number of fused-ring (bicyclic) bond motifs is 2. The van der Waals surface area contributed by atoms with Gasteiger partial charge in [-0.1, -0.05) is 6.42 Å². The van der Waals surface area contributed by atoms with Gasteiger partial charge in [0, 0.05) is 24.7 Å². The summed E-state index contributed by atoms with van der Waals surface area (Å²) in [5, 5.41) is 4.54. The van der Waals surface area contributed by atoms with Crippen LogP contribution in [0.1, 0.15) is 44.0 Å². The molecule has 1 aromatic heterocycles. The van der Waals surface area contributed by atoms with Crippen LogP contribution in [0.4, 0.5) is 0 Å². The van der Waals surface area contributed by atoms with Crippen LogP contribution in [0.5, 0.6) is 0 Å². The van der Waals surface area contributed by atoms with E-state index in [1.54, 1.807) is 0 Å². The molecule has 4 atom stereocenters. The minimum Gasteiger partial charge on any atom is -0.271 e. The molecule has 106 valence electrons. The fourth-order valence-corrected chi connectivity index (χ4v) is 4.38. The predicted octanol–water partition coefficient (Wildman–Crippen LogP) is 2.02. The van der Waals surface area contributed by atoms with Gasteiger partial charge in [-0.3, -0.25) is 16.0 Å². The maximum Gasteiger partial charge on any atom is 0.0596 e. The zero-order valence-corrected chi connectivity index (χ0v) is 12.1. The molecule has 1 heterocycles. The van der Waals surface area contributed by atoms with Crippen LogP contribution in [0, 0.1) is 24.7 Å². The number of hydrogen-bond acceptors (Lipinski definition) is 3. The average Bonchev–Trinajstić information content (AvgIpc) is 3.10. The van der Waals surface area contributed by atoms with Crippen molar-refractivity contribution in [2.24, 2.45) is 23.6 Å². The molecule has 0 amide bonds. The Hall–Kier alpha value is -0.870. The summed E-state index contributed by atoms with van der Waals surface area (Å²) in [6, 6.07) is 2.62. The Balaban J connectivity index is 1.72. The van der Waals surface area contributed by atoms with E-state index in [1.165, 1.54) is 31.4 Å². The number of hydrazine groups is 1. The summed E-state index contributed by atoms with van der Waals surface area (Å²) >= 11 is 0. The van der Waals surface area contributed by atoms with E-state index in [1.807, 2.05) is 0 Å². The predicted molar refractivity (Wildman–Crippen MR) is 76.4 cm³/mol. The normalized spacial score (nSPS) is 31.0. The van der Waals surface area contributed by atoms with Gasteiger partial charge in [-0.15, -0.1) is 0 Å². The molecule has 2 fully saturated rings. The minimum atomic E-state index is 0.414. The van der Waals surface area contributed by atoms with Gasteiger partial charge in [0.2, 0.25) is 0 Å². The molecule has 0 aliphatic heterocycles. The molecule has 4 unspecified atom stereocenters. The van der Waals surface area contributed by atoms with Crippen molar-refractivity contribution < 1.29 is 0 Å². The molecule has 4 heteroatoms. The van der Waals surface area contributed by atoms with E-state index in [0.717, 1.165) is 36.4 Å². The average molecular weight is 262 g/mol. The first-order valence-electron chi connectivity index (χ1n) is 7.70. The molecule has 4 nitrogen and oxygen atoms in total. The Kier molecular flexibility index (Phi) is 3.63. The molecule has 19 heavy (non-hydrogen) atoms. The van der Waals surface area contributed by atoms with Crippen LogP contribution < -0.4 is 11.3 Å². The third kappa shape index (κ3) is 2.43. The molecule has 0 radical (unpaired) electrons. The fourth-order valence-electron chi connectivity index (χ4n) is 4.38. The Labute approximate surface area is 115 Å². The van der Waals surface area contributed by atoms with Gasteiger partial charge in [0.25, 0.3) is 0 Å². The van der Waals surface area contributed by atoms with Gasteiger partial charge in [0.05, 0.1) is 5.69 Å². The van der Waals surface area contributed by atoms with Gasteiger partial charge < -0.3 is 0 Å². The molecule has 0 aromatic carbocycles. The Morgan fingerprint density at radius 2 is 2.32 bits per heavy atom. The van der Waals surface area contributed by atoms with Gasteiger partial charge in [-0.05, 0) is 56.9 Å². The molecule has 2 aliphatic rings. The number of aryl methyl sites for hydroxylation is 2. The lowest BCUT2D eigenvalue weighted by atomic mass is 9.82. The first-order chi connectivity index (χ1) is 9.21. The van der Waals surface area contributed by atoms with Crippen molar-refractivity contribution in [2.75, 3.05) is 0 Å². The summed E-state index contributed by atoms with van der Waals surface area (Å²) in [5.74, 6) is 8.50. The maximum absolute atomic E-state index is 5.85. The maximum atomic E-state index is 5.85. The van der Waals surface area contributed by atoms with Crippen molar-refractivity contribution in [3.63, 3.8) is 0 Å². The van der Waals surface area contributed by atoms with E-state index in [2.05, 4.69) is 35.1 Å². The number of nitrogens with two attached hydrogens (primary N) is 1. The lowest BCUT2D eigenvalue weighted by Crippen LogP contribution is -2.44. The van der Waals surface area contributed by atoms with Gasteiger partial charge in [0.1, 0.15) is 0 Å². The molecular formula is C15H26N4. The lowest BCUT2D eigenvalue weighted by molar-refractivity contribution is 0.245. The van der Waals surface area contributed by atoms with E-state index in [-0.39, 0.29) is 0 Å². The smallest absolute Gasteiger partial charge is 0.0596 e. The molecule has 2 saturated carbocycles. The van der Waals surface area contributed by atoms with Crippen molar-refractivity contribution in [1.82, 2.24) is 15.2 Å². The van der Waals surface area contributed by atoms with Crippen molar-refractivity contribution in [2.45, 2.75) is 58.5 Å². The van der Waals surface area contributed by atoms with Gasteiger partial charge in [-0.25, -0.2) is 0 Å². The first-order valence-corrected chi connectivity index (χ1v) is 7.70. The van der Waals surface area contributed by atoms with Gasteiger partial charge >= 0.3 is 0 Å². The molecule has 3 N–H and O–H groups in total. The standard InChI is InChI=1S/C15H26N4/c1-3-19-13(6-10(2)18-19)9-15(17-16)14-8-11-4-5-12(14)7-11/h6,11-12,14-15,17H,3-5,7-9,16H2,1-2H3. The number of nitrogens with one attached hydrogen (secondary N) is 1. The topological polar surface area (TPSA) is 55.9 Å². The van der Waals surface area contributed by atoms with Crippen molar-refractivity contribution in [3.05, 3.63) is 17.5 Å². The largest absolute Gasteiger partial charge is 0.271 e. The summed E-state index contributed by atoms with van der Waals surface area (Å²) < 4.78 is 2.12. The summed E-state index contributed by atoms with van der Waals surface area (Å²) in [6.45, 7) is 5.16. The van der Waals surface area contributed by atoms with E-state index >= 15 is 0 Å². The Morgan fingerprint density at radius 3 is 2.89 bits per heavy atom. The quantitative estimate of drug-likeness (QED) is 0.630. The highest BCUT2D eigenvalue weighted by Crippen LogP contribution is 2.49. The molecular weight excluding hydrogens is 236 g/mol. The number of aromatic nitrogens is 2. The second kappa shape index (κ2) is 5.25. The lowest BCUT2D eigenvalue weighted by Gasteiger charge is -2.30. The van der Waals surface area contributed by atoms with Crippen LogP contribution in [0.2, 0.25) is 0 Å². The zero-order chi connectivity index (χ0) is 13.4. The SMILES string of the molecule is CCn1nc(C)cc1CC(NN)C1CC2CCC1C2. The first kappa shape index (κ1) is 13.1. The number of hydrogen-bond donors (Lipinski definition) is 2. The minimum absolute atomic E-state index is 0.414. The summed E-state index contributed by atoms with van der Waals surface area (Å²) in [6.07, 6.45) is 6.69. The highest BCUT2D eigenvalue weighted by Gasteiger charge is 2.42. The second-order valence-electron chi connectivity index (χ2n) is 6.41. The van der Waals surface area contributed by atoms with Crippen LogP contribution in [-0.4, -0.2) is 15.8 Å². The van der Waals surface area contributed by atoms with E-state index in [0.29, 0.717) is 6.04 Å². The molecule has 3 rings (SSSR count). The summed E-state index contributed by atoms with van der Waals surface area (Å²) in [7, 11) is 0. The van der Waals surface area contributed by atoms with E-state index in [4.69, 9.17) is 5.84 Å². The zero-order valence-electron chi connectivity index (χ0n) is 12.1. The van der Waals surface area contributed by atoms with Gasteiger partial charge in [0.15, 0.2) is 0 Å². The third-order valence-electron chi connectivity index (χ3n) is 5.24. The van der Waals surface area contributed by atoms with E-state index < -0.39 is 0 Å². The van der Waals surface area contributed by atoms with Gasteiger partial charge in [-0.2, -0.15) is 5.10 Å². The van der Waals surface area contributed by atoms with Crippen LogP contribution in [0.15, 0.2) is 6.07 Å². The second-order valence-corrected chi connectivity index (χ2v) is 6.41. The van der Waals surface area contributed by atoms with Crippen LogP contribution in [0.25, 0.3) is 0 Å². The van der Waals surface area contributed by atoms with Crippen LogP contribution >= 0.6 is 0 Å². The Bertz CT molecular complexity index is 439.